The number of hydrogen-bond acceptors (Lipinski definition) is 7. The van der Waals surface area contributed by atoms with Gasteiger partial charge < -0.3 is 10.5 Å². The minimum atomic E-state index is -0.425. The van der Waals surface area contributed by atoms with Crippen LogP contribution in [0.25, 0.3) is 27.3 Å². The molecule has 0 atom stereocenters. The molecule has 0 unspecified atom stereocenters. The number of nitrogen functional groups attached to an aromatic ring is 1. The van der Waals surface area contributed by atoms with Gasteiger partial charge >= 0.3 is 5.97 Å². The molecule has 0 bridgehead atoms. The third kappa shape index (κ3) is 3.01. The van der Waals surface area contributed by atoms with Gasteiger partial charge in [-0.15, -0.1) is 16.4 Å². The van der Waals surface area contributed by atoms with Gasteiger partial charge in [0.2, 0.25) is 0 Å². The number of pyridine rings is 1. The molecule has 3 heterocycles. The van der Waals surface area contributed by atoms with E-state index >= 15 is 0 Å². The molecule has 0 fully saturated rings. The van der Waals surface area contributed by atoms with Crippen LogP contribution in [0.3, 0.4) is 0 Å². The van der Waals surface area contributed by atoms with Crippen LogP contribution in [0.5, 0.6) is 0 Å². The van der Waals surface area contributed by atoms with E-state index in [1.807, 2.05) is 50.2 Å². The van der Waals surface area contributed by atoms with Crippen molar-refractivity contribution in [3.8, 4) is 17.1 Å². The fraction of sp³-hybridized carbons (Fsp3) is 0.200. The summed E-state index contributed by atoms with van der Waals surface area (Å²) in [6.45, 7) is 6.05. The van der Waals surface area contributed by atoms with Crippen LogP contribution in [-0.2, 0) is 4.74 Å². The van der Waals surface area contributed by atoms with E-state index in [9.17, 15) is 4.79 Å². The van der Waals surface area contributed by atoms with Crippen LogP contribution < -0.4 is 5.73 Å². The first kappa shape index (κ1) is 18.1. The highest BCUT2D eigenvalue weighted by atomic mass is 32.1. The molecule has 7 nitrogen and oxygen atoms in total. The summed E-state index contributed by atoms with van der Waals surface area (Å²) in [5.41, 5.74) is 10.9. The fourth-order valence-corrected chi connectivity index (χ4v) is 3.96. The average molecular weight is 393 g/mol. The standard InChI is InChI=1S/C20H19N5O2S/c1-4-27-20(26)18-16(21)14-9-10-15(22-19(14)28-18)17-12(3)25(24-23-17)13-7-5-11(2)6-8-13/h5-10H,4,21H2,1-3H3. The number of aryl methyl sites for hydroxylation is 1. The summed E-state index contributed by atoms with van der Waals surface area (Å²) in [4.78, 5) is 17.8. The summed E-state index contributed by atoms with van der Waals surface area (Å²) < 4.78 is 6.86. The summed E-state index contributed by atoms with van der Waals surface area (Å²) >= 11 is 1.23. The van der Waals surface area contributed by atoms with Gasteiger partial charge in [0.25, 0.3) is 0 Å². The van der Waals surface area contributed by atoms with E-state index in [1.165, 1.54) is 16.9 Å². The fourth-order valence-electron chi connectivity index (χ4n) is 2.97. The van der Waals surface area contributed by atoms with E-state index < -0.39 is 5.97 Å². The summed E-state index contributed by atoms with van der Waals surface area (Å²) in [6.07, 6.45) is 0. The van der Waals surface area contributed by atoms with Crippen molar-refractivity contribution < 1.29 is 9.53 Å². The molecule has 0 aliphatic heterocycles. The number of rotatable bonds is 4. The quantitative estimate of drug-likeness (QED) is 0.528. The van der Waals surface area contributed by atoms with Crippen molar-refractivity contribution in [1.82, 2.24) is 20.0 Å². The monoisotopic (exact) mass is 393 g/mol. The Morgan fingerprint density at radius 3 is 2.64 bits per heavy atom. The van der Waals surface area contributed by atoms with Crippen LogP contribution in [0.15, 0.2) is 36.4 Å². The van der Waals surface area contributed by atoms with Gasteiger partial charge in [-0.1, -0.05) is 22.9 Å². The van der Waals surface area contributed by atoms with Crippen molar-refractivity contribution in [3.05, 3.63) is 52.5 Å². The van der Waals surface area contributed by atoms with Crippen molar-refractivity contribution in [2.75, 3.05) is 12.3 Å². The molecule has 28 heavy (non-hydrogen) atoms. The first-order chi connectivity index (χ1) is 13.5. The molecule has 8 heteroatoms. The molecule has 0 saturated carbocycles. The number of esters is 1. The Balaban J connectivity index is 1.76. The van der Waals surface area contributed by atoms with Gasteiger partial charge in [-0.2, -0.15) is 0 Å². The molecule has 2 N–H and O–H groups in total. The van der Waals surface area contributed by atoms with E-state index in [0.717, 1.165) is 16.8 Å². The number of thiophene rings is 1. The molecular weight excluding hydrogens is 374 g/mol. The van der Waals surface area contributed by atoms with Gasteiger partial charge in [-0.3, -0.25) is 0 Å². The zero-order chi connectivity index (χ0) is 19.8. The molecule has 142 valence electrons. The number of nitrogens with two attached hydrogens (primary N) is 1. The molecule has 4 aromatic rings. The molecule has 0 amide bonds. The third-order valence-electron chi connectivity index (χ3n) is 4.47. The summed E-state index contributed by atoms with van der Waals surface area (Å²) in [6, 6.07) is 11.8. The number of nitrogens with zero attached hydrogens (tertiary/aromatic N) is 4. The Bertz CT molecular complexity index is 1180. The number of carbonyl (C=O) groups is 1. The second-order valence-electron chi connectivity index (χ2n) is 6.39. The van der Waals surface area contributed by atoms with Crippen LogP contribution >= 0.6 is 11.3 Å². The molecule has 4 rings (SSSR count). The maximum atomic E-state index is 12.1. The van der Waals surface area contributed by atoms with Gasteiger partial charge in [-0.25, -0.2) is 14.5 Å². The van der Waals surface area contributed by atoms with Crippen LogP contribution in [-0.4, -0.2) is 32.6 Å². The predicted molar refractivity (Wildman–Crippen MR) is 110 cm³/mol. The lowest BCUT2D eigenvalue weighted by Crippen LogP contribution is -2.04. The smallest absolute Gasteiger partial charge is 0.350 e. The first-order valence-electron chi connectivity index (χ1n) is 8.85. The largest absolute Gasteiger partial charge is 0.462 e. The summed E-state index contributed by atoms with van der Waals surface area (Å²) in [5.74, 6) is -0.425. The predicted octanol–water partition coefficient (Wildman–Crippen LogP) is 3.92. The molecule has 1 aromatic carbocycles. The van der Waals surface area contributed by atoms with Crippen LogP contribution in [0.1, 0.15) is 27.9 Å². The minimum Gasteiger partial charge on any atom is -0.462 e. The molecule has 3 aromatic heterocycles. The van der Waals surface area contributed by atoms with Gasteiger partial charge in [0.05, 0.1) is 29.4 Å². The Labute approximate surface area is 165 Å². The van der Waals surface area contributed by atoms with E-state index in [4.69, 9.17) is 10.5 Å². The third-order valence-corrected chi connectivity index (χ3v) is 5.57. The Kier molecular flexibility index (Phi) is 4.56. The highest BCUT2D eigenvalue weighted by Gasteiger charge is 2.20. The first-order valence-corrected chi connectivity index (χ1v) is 9.67. The van der Waals surface area contributed by atoms with Crippen molar-refractivity contribution >= 4 is 33.2 Å². The van der Waals surface area contributed by atoms with E-state index in [-0.39, 0.29) is 0 Å². The Morgan fingerprint density at radius 2 is 1.93 bits per heavy atom. The number of carbonyl (C=O) groups excluding carboxylic acids is 1. The average Bonchev–Trinajstić information content (AvgIpc) is 3.23. The van der Waals surface area contributed by atoms with Crippen molar-refractivity contribution in [1.29, 1.82) is 0 Å². The lowest BCUT2D eigenvalue weighted by molar-refractivity contribution is 0.0533. The van der Waals surface area contributed by atoms with Crippen molar-refractivity contribution in [2.24, 2.45) is 0 Å². The van der Waals surface area contributed by atoms with Crippen LogP contribution in [0.2, 0.25) is 0 Å². The number of anilines is 1. The molecule has 0 aliphatic rings. The van der Waals surface area contributed by atoms with E-state index in [0.29, 0.717) is 33.4 Å². The van der Waals surface area contributed by atoms with Crippen LogP contribution in [0, 0.1) is 13.8 Å². The van der Waals surface area contributed by atoms with Crippen molar-refractivity contribution in [3.63, 3.8) is 0 Å². The van der Waals surface area contributed by atoms with Gasteiger partial charge in [0.15, 0.2) is 0 Å². The van der Waals surface area contributed by atoms with Crippen molar-refractivity contribution in [2.45, 2.75) is 20.8 Å². The highest BCUT2D eigenvalue weighted by molar-refractivity contribution is 7.21. The second-order valence-corrected chi connectivity index (χ2v) is 7.38. The number of ether oxygens (including phenoxy) is 1. The topological polar surface area (TPSA) is 95.9 Å². The zero-order valence-electron chi connectivity index (χ0n) is 15.8. The van der Waals surface area contributed by atoms with Crippen LogP contribution in [0.4, 0.5) is 5.69 Å². The summed E-state index contributed by atoms with van der Waals surface area (Å²) in [5, 5.41) is 9.33. The SMILES string of the molecule is CCOC(=O)c1sc2nc(-c3nnn(-c4ccc(C)cc4)c3C)ccc2c1N. The zero-order valence-corrected chi connectivity index (χ0v) is 16.6. The normalized spacial score (nSPS) is 11.1. The van der Waals surface area contributed by atoms with E-state index in [2.05, 4.69) is 15.3 Å². The van der Waals surface area contributed by atoms with Gasteiger partial charge in [0.1, 0.15) is 15.4 Å². The number of benzene rings is 1. The molecule has 0 radical (unpaired) electrons. The number of hydrogen-bond donors (Lipinski definition) is 1. The van der Waals surface area contributed by atoms with Gasteiger partial charge in [-0.05, 0) is 45.0 Å². The molecule has 0 aliphatic carbocycles. The molecule has 0 saturated heterocycles. The summed E-state index contributed by atoms with van der Waals surface area (Å²) in [7, 11) is 0. The Morgan fingerprint density at radius 1 is 1.18 bits per heavy atom. The number of aromatic nitrogens is 4. The lowest BCUT2D eigenvalue weighted by Gasteiger charge is -2.04. The minimum absolute atomic E-state index is 0.298. The maximum absolute atomic E-state index is 12.1. The Hall–Kier alpha value is -3.26. The van der Waals surface area contributed by atoms with Gasteiger partial charge in [0, 0.05) is 5.39 Å². The second kappa shape index (κ2) is 7.05. The maximum Gasteiger partial charge on any atom is 0.350 e. The number of fused-ring (bicyclic) bond motifs is 1. The lowest BCUT2D eigenvalue weighted by atomic mass is 10.2. The molecule has 0 spiro atoms. The van der Waals surface area contributed by atoms with E-state index in [1.54, 1.807) is 11.6 Å². The highest BCUT2D eigenvalue weighted by Crippen LogP contribution is 2.34. The molecular formula is C20H19N5O2S.